The first-order valence-electron chi connectivity index (χ1n) is 6.52. The number of nitriles is 1. The molecule has 1 rings (SSSR count). The summed E-state index contributed by atoms with van der Waals surface area (Å²) >= 11 is 0. The van der Waals surface area contributed by atoms with Gasteiger partial charge in [-0.05, 0) is 31.0 Å². The van der Waals surface area contributed by atoms with Crippen LogP contribution in [0.25, 0.3) is 0 Å². The molecule has 0 heterocycles. The first-order valence-corrected chi connectivity index (χ1v) is 6.52. The summed E-state index contributed by atoms with van der Waals surface area (Å²) in [6.07, 6.45) is 1.95. The molecular formula is C15H19N3O3. The molecule has 1 aromatic rings. The van der Waals surface area contributed by atoms with Crippen LogP contribution in [0.15, 0.2) is 30.0 Å². The fourth-order valence-electron chi connectivity index (χ4n) is 1.58. The molecule has 112 valence electrons. The zero-order chi connectivity index (χ0) is 15.7. The van der Waals surface area contributed by atoms with Crippen molar-refractivity contribution in [3.63, 3.8) is 0 Å². The summed E-state index contributed by atoms with van der Waals surface area (Å²) in [6.45, 7) is 2.83. The summed E-state index contributed by atoms with van der Waals surface area (Å²) in [7, 11) is 1.58. The summed E-state index contributed by atoms with van der Waals surface area (Å²) in [5.74, 6) is -0.406. The third-order valence-corrected chi connectivity index (χ3v) is 2.70. The van der Waals surface area contributed by atoms with Crippen LogP contribution in [0.1, 0.15) is 12.0 Å². The van der Waals surface area contributed by atoms with E-state index in [1.165, 1.54) is 6.20 Å². The molecule has 0 unspecified atom stereocenters. The predicted octanol–water partition coefficient (Wildman–Crippen LogP) is 1.67. The van der Waals surface area contributed by atoms with Gasteiger partial charge in [0.05, 0.1) is 5.69 Å². The molecule has 0 bridgehead atoms. The third kappa shape index (κ3) is 5.55. The quantitative estimate of drug-likeness (QED) is 0.307. The highest BCUT2D eigenvalue weighted by atomic mass is 16.5. The number of aromatic hydroxyl groups is 1. The lowest BCUT2D eigenvalue weighted by Crippen LogP contribution is -2.26. The lowest BCUT2D eigenvalue weighted by molar-refractivity contribution is -0.117. The van der Waals surface area contributed by atoms with Gasteiger partial charge in [0.1, 0.15) is 17.4 Å². The summed E-state index contributed by atoms with van der Waals surface area (Å²) in [6, 6.07) is 6.89. The number of nitrogens with one attached hydrogen (secondary N) is 2. The Morgan fingerprint density at radius 2 is 2.29 bits per heavy atom. The fourth-order valence-corrected chi connectivity index (χ4v) is 1.58. The fraction of sp³-hybridized carbons (Fsp3) is 0.333. The van der Waals surface area contributed by atoms with Crippen molar-refractivity contribution < 1.29 is 14.6 Å². The molecule has 0 saturated heterocycles. The number of hydrogen-bond donors (Lipinski definition) is 3. The normalized spacial score (nSPS) is 10.8. The molecule has 0 spiro atoms. The molecule has 0 saturated carbocycles. The van der Waals surface area contributed by atoms with Gasteiger partial charge < -0.3 is 20.5 Å². The standard InChI is InChI=1S/C15H19N3O3/c1-11-4-5-13(14(19)8-11)18-10-12(9-16)15(20)17-6-3-7-21-2/h4-5,8,10,18-19H,3,6-7H2,1-2H3,(H,17,20)/b12-10-. The van der Waals surface area contributed by atoms with Crippen LogP contribution in [0.5, 0.6) is 5.75 Å². The average molecular weight is 289 g/mol. The lowest BCUT2D eigenvalue weighted by Gasteiger charge is -2.06. The van der Waals surface area contributed by atoms with E-state index in [1.807, 2.05) is 19.1 Å². The molecule has 1 amide bonds. The van der Waals surface area contributed by atoms with E-state index in [2.05, 4.69) is 10.6 Å². The predicted molar refractivity (Wildman–Crippen MR) is 79.7 cm³/mol. The van der Waals surface area contributed by atoms with Gasteiger partial charge in [-0.25, -0.2) is 0 Å². The maximum Gasteiger partial charge on any atom is 0.263 e. The van der Waals surface area contributed by atoms with Crippen molar-refractivity contribution in [3.8, 4) is 11.8 Å². The first-order chi connectivity index (χ1) is 10.1. The maximum atomic E-state index is 11.8. The second kappa shape index (κ2) is 8.61. The molecule has 0 aliphatic rings. The van der Waals surface area contributed by atoms with E-state index in [-0.39, 0.29) is 11.3 Å². The van der Waals surface area contributed by atoms with Crippen LogP contribution >= 0.6 is 0 Å². The second-order valence-corrected chi connectivity index (χ2v) is 4.44. The van der Waals surface area contributed by atoms with Crippen molar-refractivity contribution in [2.45, 2.75) is 13.3 Å². The number of aryl methyl sites for hydroxylation is 1. The first kappa shape index (κ1) is 16.5. The smallest absolute Gasteiger partial charge is 0.263 e. The molecule has 0 fully saturated rings. The number of carbonyl (C=O) groups is 1. The van der Waals surface area contributed by atoms with Gasteiger partial charge in [-0.15, -0.1) is 0 Å². The van der Waals surface area contributed by atoms with Crippen molar-refractivity contribution >= 4 is 11.6 Å². The zero-order valence-corrected chi connectivity index (χ0v) is 12.1. The molecule has 0 atom stereocenters. The summed E-state index contributed by atoms with van der Waals surface area (Å²) in [5, 5.41) is 24.1. The van der Waals surface area contributed by atoms with Crippen molar-refractivity contribution in [1.29, 1.82) is 5.26 Å². The van der Waals surface area contributed by atoms with Gasteiger partial charge in [0.2, 0.25) is 0 Å². The van der Waals surface area contributed by atoms with Gasteiger partial charge >= 0.3 is 0 Å². The Hall–Kier alpha value is -2.52. The Morgan fingerprint density at radius 1 is 1.52 bits per heavy atom. The number of phenolic OH excluding ortho intramolecular Hbond substituents is 1. The zero-order valence-electron chi connectivity index (χ0n) is 12.1. The minimum absolute atomic E-state index is 0.0593. The van der Waals surface area contributed by atoms with Gasteiger partial charge in [0.15, 0.2) is 0 Å². The van der Waals surface area contributed by atoms with Crippen molar-refractivity contribution in [2.24, 2.45) is 0 Å². The summed E-state index contributed by atoms with van der Waals surface area (Å²) in [5.41, 5.74) is 1.28. The van der Waals surface area contributed by atoms with Crippen LogP contribution in [0.4, 0.5) is 5.69 Å². The highest BCUT2D eigenvalue weighted by Crippen LogP contribution is 2.23. The van der Waals surface area contributed by atoms with Gasteiger partial charge in [0, 0.05) is 26.5 Å². The van der Waals surface area contributed by atoms with Crippen LogP contribution in [0, 0.1) is 18.3 Å². The Morgan fingerprint density at radius 3 is 2.90 bits per heavy atom. The number of benzene rings is 1. The van der Waals surface area contributed by atoms with Crippen LogP contribution in [0.2, 0.25) is 0 Å². The van der Waals surface area contributed by atoms with Crippen LogP contribution < -0.4 is 10.6 Å². The minimum atomic E-state index is -0.465. The van der Waals surface area contributed by atoms with Gasteiger partial charge in [0.25, 0.3) is 5.91 Å². The highest BCUT2D eigenvalue weighted by molar-refractivity contribution is 5.97. The van der Waals surface area contributed by atoms with Gasteiger partial charge in [-0.1, -0.05) is 6.07 Å². The highest BCUT2D eigenvalue weighted by Gasteiger charge is 2.08. The van der Waals surface area contributed by atoms with Gasteiger partial charge in [-0.2, -0.15) is 5.26 Å². The molecule has 1 aromatic carbocycles. The van der Waals surface area contributed by atoms with E-state index >= 15 is 0 Å². The SMILES string of the molecule is COCCCNC(=O)/C(C#N)=C\Nc1ccc(C)cc1O. The summed E-state index contributed by atoms with van der Waals surface area (Å²) in [4.78, 5) is 11.8. The van der Waals surface area contributed by atoms with E-state index < -0.39 is 5.91 Å². The molecule has 0 aromatic heterocycles. The third-order valence-electron chi connectivity index (χ3n) is 2.70. The van der Waals surface area contributed by atoms with Crippen molar-refractivity contribution in [2.75, 3.05) is 25.6 Å². The van der Waals surface area contributed by atoms with E-state index in [0.29, 0.717) is 25.3 Å². The van der Waals surface area contributed by atoms with Crippen molar-refractivity contribution in [3.05, 3.63) is 35.5 Å². The monoisotopic (exact) mass is 289 g/mol. The van der Waals surface area contributed by atoms with Crippen LogP contribution in [-0.2, 0) is 9.53 Å². The van der Waals surface area contributed by atoms with E-state index in [1.54, 1.807) is 19.2 Å². The Balaban J connectivity index is 2.63. The molecule has 0 radical (unpaired) electrons. The number of anilines is 1. The number of ether oxygens (including phenoxy) is 1. The average Bonchev–Trinajstić information content (AvgIpc) is 2.46. The number of phenols is 1. The molecular weight excluding hydrogens is 270 g/mol. The maximum absolute atomic E-state index is 11.8. The minimum Gasteiger partial charge on any atom is -0.506 e. The molecule has 21 heavy (non-hydrogen) atoms. The number of methoxy groups -OCH3 is 1. The van der Waals surface area contributed by atoms with Crippen LogP contribution in [-0.4, -0.2) is 31.3 Å². The Bertz CT molecular complexity index is 562. The number of carbonyl (C=O) groups excluding carboxylic acids is 1. The Labute approximate surface area is 124 Å². The van der Waals surface area contributed by atoms with E-state index in [0.717, 1.165) is 5.56 Å². The molecule has 6 nitrogen and oxygen atoms in total. The molecule has 3 N–H and O–H groups in total. The number of rotatable bonds is 7. The number of hydrogen-bond acceptors (Lipinski definition) is 5. The molecule has 0 aliphatic heterocycles. The lowest BCUT2D eigenvalue weighted by atomic mass is 10.2. The topological polar surface area (TPSA) is 94.4 Å². The molecule has 0 aliphatic carbocycles. The number of amides is 1. The number of nitrogens with zero attached hydrogens (tertiary/aromatic N) is 1. The van der Waals surface area contributed by atoms with Gasteiger partial charge in [-0.3, -0.25) is 4.79 Å². The largest absolute Gasteiger partial charge is 0.506 e. The Kier molecular flexibility index (Phi) is 6.78. The van der Waals surface area contributed by atoms with E-state index in [4.69, 9.17) is 10.00 Å². The summed E-state index contributed by atoms with van der Waals surface area (Å²) < 4.78 is 4.87. The molecule has 6 heteroatoms. The van der Waals surface area contributed by atoms with Crippen LogP contribution in [0.3, 0.4) is 0 Å². The van der Waals surface area contributed by atoms with E-state index in [9.17, 15) is 9.90 Å². The second-order valence-electron chi connectivity index (χ2n) is 4.44. The van der Waals surface area contributed by atoms with Crippen molar-refractivity contribution in [1.82, 2.24) is 5.32 Å².